The molecule has 5 heterocycles. The maximum Gasteiger partial charge on any atom is 0.263 e. The number of aryl methyl sites for hydroxylation is 1. The van der Waals surface area contributed by atoms with E-state index in [1.807, 2.05) is 19.2 Å². The van der Waals surface area contributed by atoms with Crippen LogP contribution in [0.15, 0.2) is 29.3 Å². The van der Waals surface area contributed by atoms with Gasteiger partial charge in [-0.2, -0.15) is 4.98 Å². The number of nitrogens with zero attached hydrogens (tertiary/aromatic N) is 7. The van der Waals surface area contributed by atoms with Crippen molar-refractivity contribution < 1.29 is 4.79 Å². The number of anilines is 3. The molecular weight excluding hydrogens is 528 g/mol. The Morgan fingerprint density at radius 3 is 2.43 bits per heavy atom. The molecule has 0 radical (unpaired) electrons. The van der Waals surface area contributed by atoms with Crippen LogP contribution in [0, 0.1) is 6.92 Å². The summed E-state index contributed by atoms with van der Waals surface area (Å²) >= 11 is 0. The van der Waals surface area contributed by atoms with E-state index < -0.39 is 0 Å². The van der Waals surface area contributed by atoms with E-state index in [0.29, 0.717) is 29.0 Å². The molecule has 3 fully saturated rings. The minimum atomic E-state index is -0.244. The fourth-order valence-corrected chi connectivity index (χ4v) is 7.17. The van der Waals surface area contributed by atoms with Gasteiger partial charge in [-0.1, -0.05) is 12.8 Å². The Hall–Kier alpha value is -3.37. The molecule has 3 aliphatic rings. The molecule has 3 aromatic heterocycles. The molecule has 3 aromatic rings. The molecule has 0 aromatic carbocycles. The molecule has 1 saturated carbocycles. The van der Waals surface area contributed by atoms with Gasteiger partial charge in [-0.05, 0) is 78.1 Å². The number of aromatic nitrogens is 4. The van der Waals surface area contributed by atoms with Gasteiger partial charge in [0.15, 0.2) is 5.78 Å². The third-order valence-electron chi connectivity index (χ3n) is 10.2. The highest BCUT2D eigenvalue weighted by Crippen LogP contribution is 2.34. The molecule has 224 valence electrons. The SMILES string of the molecule is CC(=O)c1c(C)c2cnc(Nc3ccc(N4CCC(C)(N5CCN(C)[C@H](C)C5)CC4)cn3)nc2n(C2CCCC2)c1=O. The molecule has 1 atom stereocenters. The van der Waals surface area contributed by atoms with E-state index >= 15 is 0 Å². The lowest BCUT2D eigenvalue weighted by Crippen LogP contribution is -2.61. The molecule has 0 spiro atoms. The van der Waals surface area contributed by atoms with Crippen LogP contribution in [0.2, 0.25) is 0 Å². The summed E-state index contributed by atoms with van der Waals surface area (Å²) in [6, 6.07) is 4.72. The van der Waals surface area contributed by atoms with E-state index in [1.54, 1.807) is 10.8 Å². The Morgan fingerprint density at radius 2 is 1.79 bits per heavy atom. The summed E-state index contributed by atoms with van der Waals surface area (Å²) in [6.07, 6.45) is 9.88. The van der Waals surface area contributed by atoms with Crippen molar-refractivity contribution in [3.05, 3.63) is 46.0 Å². The Labute approximate surface area is 248 Å². The highest BCUT2D eigenvalue weighted by Gasteiger charge is 2.38. The van der Waals surface area contributed by atoms with Crippen LogP contribution >= 0.6 is 0 Å². The van der Waals surface area contributed by atoms with Crippen molar-refractivity contribution in [1.82, 2.24) is 29.3 Å². The Morgan fingerprint density at radius 1 is 1.05 bits per heavy atom. The lowest BCUT2D eigenvalue weighted by atomic mass is 9.86. The van der Waals surface area contributed by atoms with E-state index in [-0.39, 0.29) is 28.5 Å². The number of pyridine rings is 2. The summed E-state index contributed by atoms with van der Waals surface area (Å²) in [5.41, 5.74) is 2.59. The van der Waals surface area contributed by atoms with Gasteiger partial charge in [0.05, 0.1) is 17.4 Å². The second-order valence-corrected chi connectivity index (χ2v) is 12.9. The highest BCUT2D eigenvalue weighted by atomic mass is 16.1. The predicted octanol–water partition coefficient (Wildman–Crippen LogP) is 4.55. The van der Waals surface area contributed by atoms with Gasteiger partial charge < -0.3 is 15.1 Å². The second-order valence-electron chi connectivity index (χ2n) is 12.9. The molecule has 2 aliphatic heterocycles. The van der Waals surface area contributed by atoms with E-state index in [0.717, 1.165) is 82.3 Å². The minimum Gasteiger partial charge on any atom is -0.370 e. The number of fused-ring (bicyclic) bond motifs is 1. The molecule has 2 saturated heterocycles. The average Bonchev–Trinajstić information content (AvgIpc) is 3.50. The predicted molar refractivity (Wildman–Crippen MR) is 167 cm³/mol. The first-order valence-electron chi connectivity index (χ1n) is 15.5. The smallest absolute Gasteiger partial charge is 0.263 e. The highest BCUT2D eigenvalue weighted by molar-refractivity contribution is 5.99. The molecule has 1 N–H and O–H groups in total. The van der Waals surface area contributed by atoms with Crippen LogP contribution in [0.3, 0.4) is 0 Å². The fourth-order valence-electron chi connectivity index (χ4n) is 7.17. The normalized spacial score (nSPS) is 22.1. The van der Waals surface area contributed by atoms with Gasteiger partial charge in [-0.25, -0.2) is 9.97 Å². The summed E-state index contributed by atoms with van der Waals surface area (Å²) in [7, 11) is 2.23. The number of piperazine rings is 1. The van der Waals surface area contributed by atoms with Gasteiger partial charge in [-0.3, -0.25) is 19.1 Å². The maximum absolute atomic E-state index is 13.5. The fraction of sp³-hybridized carbons (Fsp3) is 0.594. The molecular formula is C32H44N8O2. The average molecular weight is 573 g/mol. The van der Waals surface area contributed by atoms with Crippen molar-refractivity contribution in [2.24, 2.45) is 0 Å². The van der Waals surface area contributed by atoms with Gasteiger partial charge in [0.2, 0.25) is 5.95 Å². The van der Waals surface area contributed by atoms with E-state index in [4.69, 9.17) is 4.98 Å². The zero-order valence-electron chi connectivity index (χ0n) is 25.7. The van der Waals surface area contributed by atoms with Crippen molar-refractivity contribution in [3.8, 4) is 0 Å². The maximum atomic E-state index is 13.5. The lowest BCUT2D eigenvalue weighted by Gasteiger charge is -2.51. The summed E-state index contributed by atoms with van der Waals surface area (Å²) in [5.74, 6) is 0.821. The molecule has 0 unspecified atom stereocenters. The van der Waals surface area contributed by atoms with Crippen molar-refractivity contribution in [3.63, 3.8) is 0 Å². The van der Waals surface area contributed by atoms with Gasteiger partial charge in [0, 0.05) is 61.9 Å². The van der Waals surface area contributed by atoms with Crippen LogP contribution in [-0.2, 0) is 0 Å². The Balaban J connectivity index is 1.18. The number of likely N-dealkylation sites (N-methyl/N-ethyl adjacent to an activating group) is 1. The number of hydrogen-bond acceptors (Lipinski definition) is 9. The molecule has 0 bridgehead atoms. The number of Topliss-reactive ketones (excluding diaryl/α,β-unsaturated/α-hetero) is 1. The Bertz CT molecular complexity index is 1520. The summed E-state index contributed by atoms with van der Waals surface area (Å²) in [4.78, 5) is 47.5. The lowest BCUT2D eigenvalue weighted by molar-refractivity contribution is 0.0103. The molecule has 6 rings (SSSR count). The summed E-state index contributed by atoms with van der Waals surface area (Å²) in [6.45, 7) is 13.5. The van der Waals surface area contributed by atoms with Crippen molar-refractivity contribution in [2.75, 3.05) is 50.0 Å². The van der Waals surface area contributed by atoms with Crippen LogP contribution in [-0.4, -0.2) is 86.5 Å². The summed E-state index contributed by atoms with van der Waals surface area (Å²) < 4.78 is 1.74. The number of ketones is 1. The minimum absolute atomic E-state index is 0.0462. The van der Waals surface area contributed by atoms with Gasteiger partial charge in [0.25, 0.3) is 5.56 Å². The first-order chi connectivity index (χ1) is 20.1. The quantitative estimate of drug-likeness (QED) is 0.427. The largest absolute Gasteiger partial charge is 0.370 e. The first kappa shape index (κ1) is 28.7. The number of carbonyl (C=O) groups excluding carboxylic acids is 1. The van der Waals surface area contributed by atoms with Gasteiger partial charge >= 0.3 is 0 Å². The molecule has 0 amide bonds. The summed E-state index contributed by atoms with van der Waals surface area (Å²) in [5, 5.41) is 3.98. The van der Waals surface area contributed by atoms with Crippen LogP contribution in [0.25, 0.3) is 11.0 Å². The third-order valence-corrected chi connectivity index (χ3v) is 10.2. The number of piperidine rings is 1. The van der Waals surface area contributed by atoms with E-state index in [9.17, 15) is 9.59 Å². The van der Waals surface area contributed by atoms with Crippen molar-refractivity contribution >= 4 is 34.3 Å². The van der Waals surface area contributed by atoms with Gasteiger partial charge in [-0.15, -0.1) is 0 Å². The standard InChI is InChI=1S/C32H44N8O2/c1-21-20-39(17-16-37(21)5)32(4)12-14-38(15-13-32)25-10-11-27(33-18-25)35-31-34-19-26-22(2)28(23(3)41)30(42)40(29(26)36-31)24-8-6-7-9-24/h10-11,18-19,21,24H,6-9,12-17,20H2,1-5H3,(H,33,34,35,36)/t21-/m1/s1. The van der Waals surface area contributed by atoms with Crippen LogP contribution in [0.4, 0.5) is 17.5 Å². The zero-order chi connectivity index (χ0) is 29.6. The molecule has 10 heteroatoms. The van der Waals surface area contributed by atoms with E-state index in [2.05, 4.69) is 56.9 Å². The zero-order valence-corrected chi connectivity index (χ0v) is 25.7. The molecule has 42 heavy (non-hydrogen) atoms. The van der Waals surface area contributed by atoms with Crippen LogP contribution < -0.4 is 15.8 Å². The first-order valence-corrected chi connectivity index (χ1v) is 15.5. The van der Waals surface area contributed by atoms with Crippen LogP contribution in [0.1, 0.15) is 81.3 Å². The monoisotopic (exact) mass is 572 g/mol. The van der Waals surface area contributed by atoms with Gasteiger partial charge in [0.1, 0.15) is 11.5 Å². The topological polar surface area (TPSA) is 99.5 Å². The Kier molecular flexibility index (Phi) is 7.78. The second kappa shape index (κ2) is 11.4. The number of nitrogens with one attached hydrogen (secondary N) is 1. The molecule has 10 nitrogen and oxygen atoms in total. The number of rotatable bonds is 6. The van der Waals surface area contributed by atoms with Crippen molar-refractivity contribution in [2.45, 2.75) is 83.8 Å². The van der Waals surface area contributed by atoms with Crippen molar-refractivity contribution in [1.29, 1.82) is 0 Å². The number of hydrogen-bond donors (Lipinski definition) is 1. The molecule has 1 aliphatic carbocycles. The number of carbonyl (C=O) groups is 1. The van der Waals surface area contributed by atoms with Crippen LogP contribution in [0.5, 0.6) is 0 Å². The van der Waals surface area contributed by atoms with E-state index in [1.165, 1.54) is 6.92 Å². The third kappa shape index (κ3) is 5.30.